The van der Waals surface area contributed by atoms with Crippen molar-refractivity contribution in [3.63, 3.8) is 0 Å². The van der Waals surface area contributed by atoms with Crippen molar-refractivity contribution in [2.24, 2.45) is 0 Å². The summed E-state index contributed by atoms with van der Waals surface area (Å²) in [7, 11) is 0. The summed E-state index contributed by atoms with van der Waals surface area (Å²) in [5.41, 5.74) is 6.68. The molecule has 6 heteroatoms. The number of aromatic nitrogens is 2. The number of fused-ring (bicyclic) bond motifs is 1. The summed E-state index contributed by atoms with van der Waals surface area (Å²) in [5.74, 6) is 0.361. The number of anilines is 1. The highest BCUT2D eigenvalue weighted by molar-refractivity contribution is 5.94. The Morgan fingerprint density at radius 3 is 2.90 bits per heavy atom. The number of para-hydroxylation sites is 1. The maximum absolute atomic E-state index is 11.6. The van der Waals surface area contributed by atoms with E-state index in [2.05, 4.69) is 9.97 Å². The quantitative estimate of drug-likeness (QED) is 0.743. The van der Waals surface area contributed by atoms with Gasteiger partial charge in [-0.05, 0) is 19.1 Å². The fourth-order valence-corrected chi connectivity index (χ4v) is 1.97. The number of nitrogens with two attached hydrogens (primary N) is 1. The topological polar surface area (TPSA) is 91.2 Å². The molecule has 6 nitrogen and oxygen atoms in total. The molecule has 0 saturated carbocycles. The van der Waals surface area contributed by atoms with E-state index in [0.717, 1.165) is 11.0 Å². The smallest absolute Gasteiger partial charge is 0.343 e. The molecule has 0 atom stereocenters. The highest BCUT2D eigenvalue weighted by Crippen LogP contribution is 2.26. The van der Waals surface area contributed by atoms with Crippen LogP contribution in [0.25, 0.3) is 22.6 Å². The molecule has 2 heterocycles. The fourth-order valence-electron chi connectivity index (χ4n) is 1.97. The molecule has 0 bridgehead atoms. The van der Waals surface area contributed by atoms with Gasteiger partial charge in [-0.15, -0.1) is 0 Å². The first-order chi connectivity index (χ1) is 10.2. The molecule has 0 radical (unpaired) electrons. The first-order valence-electron chi connectivity index (χ1n) is 6.47. The van der Waals surface area contributed by atoms with Crippen LogP contribution in [0.5, 0.6) is 0 Å². The van der Waals surface area contributed by atoms with Crippen LogP contribution >= 0.6 is 0 Å². The first-order valence-corrected chi connectivity index (χ1v) is 6.47. The summed E-state index contributed by atoms with van der Waals surface area (Å²) in [5, 5.41) is 0.948. The van der Waals surface area contributed by atoms with Crippen molar-refractivity contribution in [1.29, 1.82) is 0 Å². The van der Waals surface area contributed by atoms with E-state index in [1.165, 1.54) is 6.20 Å². The van der Waals surface area contributed by atoms with Gasteiger partial charge in [-0.2, -0.15) is 0 Å². The number of ether oxygens (including phenoxy) is 1. The van der Waals surface area contributed by atoms with Gasteiger partial charge in [0.2, 0.25) is 0 Å². The van der Waals surface area contributed by atoms with Gasteiger partial charge >= 0.3 is 5.97 Å². The maximum Gasteiger partial charge on any atom is 0.343 e. The Morgan fingerprint density at radius 2 is 2.19 bits per heavy atom. The molecule has 2 aromatic heterocycles. The van der Waals surface area contributed by atoms with Crippen LogP contribution in [0.4, 0.5) is 5.82 Å². The zero-order chi connectivity index (χ0) is 14.8. The van der Waals surface area contributed by atoms with Crippen LogP contribution in [0.15, 0.2) is 40.9 Å². The van der Waals surface area contributed by atoms with E-state index in [4.69, 9.17) is 14.9 Å². The zero-order valence-electron chi connectivity index (χ0n) is 11.4. The van der Waals surface area contributed by atoms with Gasteiger partial charge in [-0.1, -0.05) is 18.2 Å². The SMILES string of the molecule is CCOC(=O)c1cnc(-c2cc3ccccc3o2)nc1N. The molecule has 1 aromatic carbocycles. The number of nitrogens with zero attached hydrogens (tertiary/aromatic N) is 2. The number of esters is 1. The van der Waals surface area contributed by atoms with E-state index in [1.54, 1.807) is 6.92 Å². The van der Waals surface area contributed by atoms with Crippen molar-refractivity contribution < 1.29 is 13.9 Å². The molecule has 0 amide bonds. The first kappa shape index (κ1) is 13.1. The van der Waals surface area contributed by atoms with Crippen LogP contribution in [0.3, 0.4) is 0 Å². The van der Waals surface area contributed by atoms with E-state index in [9.17, 15) is 4.79 Å². The minimum atomic E-state index is -0.536. The Kier molecular flexibility index (Phi) is 3.27. The third kappa shape index (κ3) is 2.43. The molecule has 21 heavy (non-hydrogen) atoms. The average molecular weight is 283 g/mol. The molecule has 2 N–H and O–H groups in total. The van der Waals surface area contributed by atoms with Gasteiger partial charge in [0.25, 0.3) is 0 Å². The number of hydrogen-bond donors (Lipinski definition) is 1. The molecular formula is C15H13N3O3. The van der Waals surface area contributed by atoms with E-state index in [0.29, 0.717) is 11.6 Å². The number of benzene rings is 1. The second-order valence-electron chi connectivity index (χ2n) is 4.36. The number of rotatable bonds is 3. The van der Waals surface area contributed by atoms with Crippen molar-refractivity contribution in [2.75, 3.05) is 12.3 Å². The molecule has 0 saturated heterocycles. The number of nitrogen functional groups attached to an aromatic ring is 1. The normalized spacial score (nSPS) is 10.7. The lowest BCUT2D eigenvalue weighted by atomic mass is 10.2. The van der Waals surface area contributed by atoms with Crippen LogP contribution < -0.4 is 5.73 Å². The Morgan fingerprint density at radius 1 is 1.38 bits per heavy atom. The Bertz CT molecular complexity index is 778. The number of furan rings is 1. The Balaban J connectivity index is 1.99. The monoisotopic (exact) mass is 283 g/mol. The van der Waals surface area contributed by atoms with E-state index in [1.807, 2.05) is 30.3 Å². The molecule has 0 spiro atoms. The predicted octanol–water partition coefficient (Wildman–Crippen LogP) is 2.65. The molecule has 0 aliphatic heterocycles. The van der Waals surface area contributed by atoms with Crippen LogP contribution in [0.2, 0.25) is 0 Å². The van der Waals surface area contributed by atoms with Gasteiger partial charge < -0.3 is 14.9 Å². The highest BCUT2D eigenvalue weighted by Gasteiger charge is 2.16. The predicted molar refractivity (Wildman–Crippen MR) is 77.6 cm³/mol. The number of carbonyl (C=O) groups is 1. The van der Waals surface area contributed by atoms with Gasteiger partial charge in [0.05, 0.1) is 6.61 Å². The lowest BCUT2D eigenvalue weighted by Gasteiger charge is -2.04. The number of hydrogen-bond acceptors (Lipinski definition) is 6. The van der Waals surface area contributed by atoms with E-state index < -0.39 is 5.97 Å². The van der Waals surface area contributed by atoms with Gasteiger partial charge in [-0.3, -0.25) is 0 Å². The van der Waals surface area contributed by atoms with Crippen molar-refractivity contribution in [2.45, 2.75) is 6.92 Å². The summed E-state index contributed by atoms with van der Waals surface area (Å²) < 4.78 is 10.5. The van der Waals surface area contributed by atoms with Crippen LogP contribution in [0, 0.1) is 0 Å². The maximum atomic E-state index is 11.6. The second-order valence-corrected chi connectivity index (χ2v) is 4.36. The molecule has 0 aliphatic rings. The standard InChI is InChI=1S/C15H13N3O3/c1-2-20-15(19)10-8-17-14(18-13(10)16)12-7-9-5-3-4-6-11(9)21-12/h3-8H,2H2,1H3,(H2,16,17,18). The van der Waals surface area contributed by atoms with Crippen molar-refractivity contribution in [3.05, 3.63) is 42.1 Å². The average Bonchev–Trinajstić information content (AvgIpc) is 2.91. The van der Waals surface area contributed by atoms with Crippen LogP contribution in [-0.2, 0) is 4.74 Å². The van der Waals surface area contributed by atoms with Crippen LogP contribution in [0.1, 0.15) is 17.3 Å². The largest absolute Gasteiger partial charge is 0.462 e. The van der Waals surface area contributed by atoms with Gasteiger partial charge in [-0.25, -0.2) is 14.8 Å². The molecule has 0 aliphatic carbocycles. The molecule has 3 rings (SSSR count). The van der Waals surface area contributed by atoms with Crippen molar-refractivity contribution >= 4 is 22.8 Å². The van der Waals surface area contributed by atoms with Crippen molar-refractivity contribution in [3.8, 4) is 11.6 Å². The minimum absolute atomic E-state index is 0.0684. The molecule has 3 aromatic rings. The minimum Gasteiger partial charge on any atom is -0.462 e. The second kappa shape index (κ2) is 5.24. The van der Waals surface area contributed by atoms with Crippen molar-refractivity contribution in [1.82, 2.24) is 9.97 Å². The summed E-state index contributed by atoms with van der Waals surface area (Å²) in [4.78, 5) is 19.9. The lowest BCUT2D eigenvalue weighted by molar-refractivity contribution is 0.0527. The summed E-state index contributed by atoms with van der Waals surface area (Å²) in [6.07, 6.45) is 1.35. The molecule has 106 valence electrons. The summed E-state index contributed by atoms with van der Waals surface area (Å²) in [6, 6.07) is 9.41. The van der Waals surface area contributed by atoms with Crippen LogP contribution in [-0.4, -0.2) is 22.5 Å². The van der Waals surface area contributed by atoms with Gasteiger partial charge in [0.1, 0.15) is 17.0 Å². The summed E-state index contributed by atoms with van der Waals surface area (Å²) in [6.45, 7) is 1.99. The number of carbonyl (C=O) groups excluding carboxylic acids is 1. The summed E-state index contributed by atoms with van der Waals surface area (Å²) >= 11 is 0. The molecule has 0 unspecified atom stereocenters. The highest BCUT2D eigenvalue weighted by atomic mass is 16.5. The fraction of sp³-hybridized carbons (Fsp3) is 0.133. The van der Waals surface area contributed by atoms with Gasteiger partial charge in [0, 0.05) is 11.6 Å². The van der Waals surface area contributed by atoms with E-state index >= 15 is 0 Å². The lowest BCUT2D eigenvalue weighted by Crippen LogP contribution is -2.10. The Labute approximate surface area is 120 Å². The zero-order valence-corrected chi connectivity index (χ0v) is 11.4. The third-order valence-corrected chi connectivity index (χ3v) is 2.96. The van der Waals surface area contributed by atoms with E-state index in [-0.39, 0.29) is 18.0 Å². The van der Waals surface area contributed by atoms with Gasteiger partial charge in [0.15, 0.2) is 11.6 Å². The Hall–Kier alpha value is -2.89. The third-order valence-electron chi connectivity index (χ3n) is 2.96. The molecular weight excluding hydrogens is 270 g/mol. The molecule has 0 fully saturated rings.